The third-order valence-corrected chi connectivity index (χ3v) is 9.33. The minimum atomic E-state index is -4.02. The van der Waals surface area contributed by atoms with Gasteiger partial charge in [0.1, 0.15) is 10.6 Å². The molecule has 0 bridgehead atoms. The van der Waals surface area contributed by atoms with Crippen LogP contribution < -0.4 is 18.7 Å². The van der Waals surface area contributed by atoms with E-state index < -0.39 is 20.0 Å². The molecule has 0 aliphatic carbocycles. The molecule has 2 fully saturated rings. The molecular formula is C22H30N4O5S2. The van der Waals surface area contributed by atoms with E-state index in [0.717, 1.165) is 38.3 Å². The first-order chi connectivity index (χ1) is 15.7. The van der Waals surface area contributed by atoms with Crippen LogP contribution in [0.1, 0.15) is 12.8 Å². The van der Waals surface area contributed by atoms with E-state index in [1.54, 1.807) is 18.2 Å². The van der Waals surface area contributed by atoms with Crippen molar-refractivity contribution in [3.8, 4) is 5.75 Å². The summed E-state index contributed by atoms with van der Waals surface area (Å²) in [7, 11) is -4.00. The first kappa shape index (κ1) is 23.7. The Hall–Kier alpha value is -2.50. The second-order valence-corrected chi connectivity index (χ2v) is 12.0. The molecule has 4 rings (SSSR count). The summed E-state index contributed by atoms with van der Waals surface area (Å²) in [6.45, 7) is 4.14. The van der Waals surface area contributed by atoms with Crippen LogP contribution in [0.2, 0.25) is 0 Å². The Bertz CT molecular complexity index is 1190. The Labute approximate surface area is 196 Å². The number of nitrogens with zero attached hydrogens (tertiary/aromatic N) is 3. The van der Waals surface area contributed by atoms with Crippen LogP contribution in [0.3, 0.4) is 0 Å². The first-order valence-corrected chi connectivity index (χ1v) is 14.0. The molecule has 2 aromatic carbocycles. The van der Waals surface area contributed by atoms with Crippen molar-refractivity contribution in [3.63, 3.8) is 0 Å². The van der Waals surface area contributed by atoms with Crippen LogP contribution in [0.5, 0.6) is 5.75 Å². The highest BCUT2D eigenvalue weighted by molar-refractivity contribution is 7.93. The van der Waals surface area contributed by atoms with Crippen molar-refractivity contribution < 1.29 is 21.6 Å². The largest absolute Gasteiger partial charge is 0.495 e. The fourth-order valence-corrected chi connectivity index (χ4v) is 7.00. The molecule has 2 aliphatic rings. The number of anilines is 3. The lowest BCUT2D eigenvalue weighted by Crippen LogP contribution is -2.44. The van der Waals surface area contributed by atoms with E-state index >= 15 is 0 Å². The van der Waals surface area contributed by atoms with E-state index in [1.807, 2.05) is 12.1 Å². The predicted octanol–water partition coefficient (Wildman–Crippen LogP) is 2.18. The van der Waals surface area contributed by atoms with Crippen LogP contribution >= 0.6 is 0 Å². The summed E-state index contributed by atoms with van der Waals surface area (Å²) in [6, 6.07) is 11.7. The Morgan fingerprint density at radius 1 is 0.909 bits per heavy atom. The second kappa shape index (κ2) is 9.40. The van der Waals surface area contributed by atoms with Crippen LogP contribution in [0.25, 0.3) is 0 Å². The van der Waals surface area contributed by atoms with Gasteiger partial charge in [-0.25, -0.2) is 16.8 Å². The molecule has 0 aromatic heterocycles. The van der Waals surface area contributed by atoms with Gasteiger partial charge in [-0.05, 0) is 62.4 Å². The zero-order valence-corrected chi connectivity index (χ0v) is 20.5. The third-order valence-electron chi connectivity index (χ3n) is 6.06. The number of rotatable bonds is 6. The lowest BCUT2D eigenvalue weighted by molar-refractivity contribution is 0.313. The molecule has 9 nitrogen and oxygen atoms in total. The van der Waals surface area contributed by atoms with Crippen molar-refractivity contribution in [2.24, 2.45) is 0 Å². The zero-order valence-electron chi connectivity index (χ0n) is 18.9. The van der Waals surface area contributed by atoms with Crippen molar-refractivity contribution in [2.45, 2.75) is 17.7 Å². The fraction of sp³-hybridized carbons (Fsp3) is 0.455. The second-order valence-electron chi connectivity index (χ2n) is 8.37. The van der Waals surface area contributed by atoms with Gasteiger partial charge >= 0.3 is 0 Å². The van der Waals surface area contributed by atoms with Gasteiger partial charge in [0, 0.05) is 44.1 Å². The number of methoxy groups -OCH3 is 1. The topological polar surface area (TPSA) is 99.3 Å². The summed E-state index contributed by atoms with van der Waals surface area (Å²) in [6.07, 6.45) is 1.33. The fourth-order valence-electron chi connectivity index (χ4n) is 4.12. The number of sulfonamides is 2. The Kier molecular flexibility index (Phi) is 6.73. The number of nitrogens with one attached hydrogen (secondary N) is 1. The Morgan fingerprint density at radius 2 is 1.58 bits per heavy atom. The lowest BCUT2D eigenvalue weighted by atomic mass is 10.2. The van der Waals surface area contributed by atoms with E-state index in [9.17, 15) is 16.8 Å². The highest BCUT2D eigenvalue weighted by Gasteiger charge is 2.29. The maximum absolute atomic E-state index is 13.2. The number of likely N-dealkylation sites (N-methyl/N-ethyl adjacent to an activating group) is 1. The predicted molar refractivity (Wildman–Crippen MR) is 130 cm³/mol. The van der Waals surface area contributed by atoms with Gasteiger partial charge in [0.25, 0.3) is 10.0 Å². The van der Waals surface area contributed by atoms with E-state index in [2.05, 4.69) is 21.6 Å². The summed E-state index contributed by atoms with van der Waals surface area (Å²) in [5.74, 6) is 0.202. The van der Waals surface area contributed by atoms with Gasteiger partial charge < -0.3 is 14.5 Å². The van der Waals surface area contributed by atoms with Crippen LogP contribution in [0.4, 0.5) is 17.1 Å². The number of hydrogen-bond acceptors (Lipinski definition) is 7. The molecule has 2 heterocycles. The molecule has 11 heteroatoms. The summed E-state index contributed by atoms with van der Waals surface area (Å²) < 4.78 is 60.6. The van der Waals surface area contributed by atoms with Gasteiger partial charge in [-0.2, -0.15) is 0 Å². The van der Waals surface area contributed by atoms with Crippen molar-refractivity contribution in [2.75, 3.05) is 66.6 Å². The molecule has 2 aromatic rings. The summed E-state index contributed by atoms with van der Waals surface area (Å²) in [5.41, 5.74) is 1.79. The highest BCUT2D eigenvalue weighted by Crippen LogP contribution is 2.33. The normalized spacial score (nSPS) is 19.3. The Balaban J connectivity index is 1.57. The van der Waals surface area contributed by atoms with E-state index in [-0.39, 0.29) is 16.4 Å². The number of hydrogen-bond donors (Lipinski definition) is 1. The molecule has 180 valence electrons. The van der Waals surface area contributed by atoms with Crippen LogP contribution in [-0.4, -0.2) is 74.4 Å². The monoisotopic (exact) mass is 494 g/mol. The lowest BCUT2D eigenvalue weighted by Gasteiger charge is -2.34. The number of benzene rings is 2. The molecule has 0 amide bonds. The van der Waals surface area contributed by atoms with Crippen LogP contribution in [0.15, 0.2) is 47.4 Å². The molecule has 2 aliphatic heterocycles. The van der Waals surface area contributed by atoms with E-state index in [0.29, 0.717) is 24.3 Å². The third kappa shape index (κ3) is 5.20. The van der Waals surface area contributed by atoms with E-state index in [4.69, 9.17) is 4.74 Å². The standard InChI is InChI=1S/C22H30N4O5S2/c1-24-12-14-25(15-13-24)19-7-5-18(6-8-19)23-33(29,30)22-17-20(9-10-21(22)31-2)26-11-3-4-16-32(26,27)28/h5-10,17,23H,3-4,11-16H2,1-2H3. The van der Waals surface area contributed by atoms with Crippen LogP contribution in [0, 0.1) is 0 Å². The van der Waals surface area contributed by atoms with Gasteiger partial charge in [0.2, 0.25) is 10.0 Å². The number of piperazine rings is 1. The SMILES string of the molecule is COc1ccc(N2CCCCS2(=O)=O)cc1S(=O)(=O)Nc1ccc(N2CCN(C)CC2)cc1. The van der Waals surface area contributed by atoms with Crippen molar-refractivity contribution in [1.82, 2.24) is 4.90 Å². The van der Waals surface area contributed by atoms with Crippen LogP contribution in [-0.2, 0) is 20.0 Å². The average Bonchev–Trinajstić information content (AvgIpc) is 2.79. The molecule has 1 N–H and O–H groups in total. The zero-order chi connectivity index (χ0) is 23.6. The maximum Gasteiger partial charge on any atom is 0.265 e. The Morgan fingerprint density at radius 3 is 2.21 bits per heavy atom. The van der Waals surface area contributed by atoms with Gasteiger partial charge in [-0.15, -0.1) is 0 Å². The average molecular weight is 495 g/mol. The molecular weight excluding hydrogens is 464 g/mol. The minimum absolute atomic E-state index is 0.0546. The van der Waals surface area contributed by atoms with Crippen molar-refractivity contribution >= 4 is 37.1 Å². The maximum atomic E-state index is 13.2. The molecule has 0 unspecified atom stereocenters. The first-order valence-electron chi connectivity index (χ1n) is 10.9. The summed E-state index contributed by atoms with van der Waals surface area (Å²) in [5, 5.41) is 0. The minimum Gasteiger partial charge on any atom is -0.495 e. The van der Waals surface area contributed by atoms with Gasteiger partial charge in [0.15, 0.2) is 0 Å². The molecule has 0 saturated carbocycles. The molecule has 2 saturated heterocycles. The number of ether oxygens (including phenoxy) is 1. The van der Waals surface area contributed by atoms with Crippen molar-refractivity contribution in [3.05, 3.63) is 42.5 Å². The van der Waals surface area contributed by atoms with Crippen molar-refractivity contribution in [1.29, 1.82) is 0 Å². The summed E-state index contributed by atoms with van der Waals surface area (Å²) in [4.78, 5) is 4.44. The quantitative estimate of drug-likeness (QED) is 0.657. The summed E-state index contributed by atoms with van der Waals surface area (Å²) >= 11 is 0. The molecule has 0 spiro atoms. The highest BCUT2D eigenvalue weighted by atomic mass is 32.2. The molecule has 0 radical (unpaired) electrons. The molecule has 33 heavy (non-hydrogen) atoms. The van der Waals surface area contributed by atoms with Gasteiger partial charge in [-0.3, -0.25) is 9.03 Å². The smallest absolute Gasteiger partial charge is 0.265 e. The van der Waals surface area contributed by atoms with Gasteiger partial charge in [-0.1, -0.05) is 0 Å². The van der Waals surface area contributed by atoms with Gasteiger partial charge in [0.05, 0.1) is 18.6 Å². The van der Waals surface area contributed by atoms with E-state index in [1.165, 1.54) is 23.5 Å². The molecule has 0 atom stereocenters.